The lowest BCUT2D eigenvalue weighted by atomic mass is 9.92. The van der Waals surface area contributed by atoms with E-state index in [0.29, 0.717) is 16.1 Å². The highest BCUT2D eigenvalue weighted by atomic mass is 35.5. The van der Waals surface area contributed by atoms with Gasteiger partial charge in [-0.25, -0.2) is 4.79 Å². The Morgan fingerprint density at radius 3 is 2.27 bits per heavy atom. The monoisotopic (exact) mass is 584 g/mol. The molecule has 0 N–H and O–H groups in total. The number of nitrogens with zero attached hydrogens (tertiary/aromatic N) is 2. The second-order valence-electron chi connectivity index (χ2n) is 9.86. The number of aromatic nitrogens is 1. The van der Waals surface area contributed by atoms with Crippen molar-refractivity contribution in [2.45, 2.75) is 45.1 Å². The lowest BCUT2D eigenvalue weighted by Gasteiger charge is -2.12. The van der Waals surface area contributed by atoms with Crippen molar-refractivity contribution in [3.8, 4) is 0 Å². The number of allylic oxidation sites excluding steroid dienone is 4. The Bertz CT molecular complexity index is 1780. The molecule has 5 rings (SSSR count). The highest BCUT2D eigenvalue weighted by Crippen LogP contribution is 2.32. The van der Waals surface area contributed by atoms with Gasteiger partial charge in [0, 0.05) is 67.6 Å². The SMILES string of the molecule is CCn1c2ccc(C(=O)C3=C(C)CCC=C3)cc2c2cc(C(=O)/C(CSc3ccc(Cl)cc3)=N/OC(C)=O)ccc21. The Morgan fingerprint density at radius 2 is 1.63 bits per heavy atom. The maximum atomic E-state index is 13.7. The van der Waals surface area contributed by atoms with Crippen LogP contribution >= 0.6 is 23.4 Å². The van der Waals surface area contributed by atoms with E-state index in [-0.39, 0.29) is 23.0 Å². The maximum Gasteiger partial charge on any atom is 0.331 e. The summed E-state index contributed by atoms with van der Waals surface area (Å²) in [6.07, 6.45) is 5.79. The van der Waals surface area contributed by atoms with Gasteiger partial charge in [0.25, 0.3) is 0 Å². The standard InChI is InChI=1S/C33H29ClN2O4S/c1-4-36-30-15-9-22(32(38)26-8-6-5-7-20(26)2)17-27(30)28-18-23(10-16-31(28)36)33(39)29(35-40-21(3)37)19-41-25-13-11-24(34)12-14-25/h6,8-18H,4-5,7,19H2,1-3H3/b35-29+. The van der Waals surface area contributed by atoms with Gasteiger partial charge in [-0.3, -0.25) is 9.59 Å². The summed E-state index contributed by atoms with van der Waals surface area (Å²) >= 11 is 7.39. The van der Waals surface area contributed by atoms with Crippen LogP contribution in [0.1, 0.15) is 54.3 Å². The zero-order valence-electron chi connectivity index (χ0n) is 23.1. The highest BCUT2D eigenvalue weighted by Gasteiger charge is 2.21. The Kier molecular flexibility index (Phi) is 8.57. The minimum Gasteiger partial charge on any atom is -0.341 e. The molecule has 1 aliphatic carbocycles. The van der Waals surface area contributed by atoms with E-state index in [1.807, 2.05) is 61.5 Å². The first-order valence-corrected chi connectivity index (χ1v) is 14.8. The number of rotatable bonds is 9. The van der Waals surface area contributed by atoms with Gasteiger partial charge >= 0.3 is 5.97 Å². The second kappa shape index (κ2) is 12.3. The Morgan fingerprint density at radius 1 is 0.976 bits per heavy atom. The zero-order valence-corrected chi connectivity index (χ0v) is 24.6. The number of benzene rings is 3. The van der Waals surface area contributed by atoms with E-state index >= 15 is 0 Å². The van der Waals surface area contributed by atoms with Crippen LogP contribution in [0.5, 0.6) is 0 Å². The van der Waals surface area contributed by atoms with Crippen LogP contribution in [0, 0.1) is 0 Å². The number of Topliss-reactive ketones (excluding diaryl/α,β-unsaturated/α-hetero) is 2. The summed E-state index contributed by atoms with van der Waals surface area (Å²) in [5, 5.41) is 6.28. The molecule has 0 radical (unpaired) electrons. The molecule has 0 unspecified atom stereocenters. The summed E-state index contributed by atoms with van der Waals surface area (Å²) < 4.78 is 2.17. The molecule has 0 bridgehead atoms. The molecule has 0 amide bonds. The quantitative estimate of drug-likeness (QED) is 0.0651. The predicted octanol–water partition coefficient (Wildman–Crippen LogP) is 8.21. The highest BCUT2D eigenvalue weighted by molar-refractivity contribution is 8.00. The molecule has 0 saturated carbocycles. The molecule has 0 spiro atoms. The van der Waals surface area contributed by atoms with Crippen molar-refractivity contribution in [1.29, 1.82) is 0 Å². The molecule has 6 nitrogen and oxygen atoms in total. The summed E-state index contributed by atoms with van der Waals surface area (Å²) in [4.78, 5) is 44.4. The van der Waals surface area contributed by atoms with Crippen LogP contribution in [0.2, 0.25) is 5.02 Å². The maximum absolute atomic E-state index is 13.7. The van der Waals surface area contributed by atoms with Gasteiger partial charge in [0.15, 0.2) is 5.78 Å². The van der Waals surface area contributed by atoms with Crippen LogP contribution in [0.25, 0.3) is 21.8 Å². The van der Waals surface area contributed by atoms with E-state index in [2.05, 4.69) is 16.6 Å². The van der Waals surface area contributed by atoms with E-state index in [9.17, 15) is 14.4 Å². The average molecular weight is 585 g/mol. The molecule has 0 saturated heterocycles. The second-order valence-corrected chi connectivity index (χ2v) is 11.4. The number of fused-ring (bicyclic) bond motifs is 3. The predicted molar refractivity (Wildman–Crippen MR) is 166 cm³/mol. The molecule has 1 aromatic heterocycles. The number of hydrogen-bond donors (Lipinski definition) is 0. The van der Waals surface area contributed by atoms with Crippen molar-refractivity contribution < 1.29 is 19.2 Å². The van der Waals surface area contributed by atoms with Crippen LogP contribution in [-0.4, -0.2) is 33.6 Å². The van der Waals surface area contributed by atoms with E-state index in [4.69, 9.17) is 16.4 Å². The van der Waals surface area contributed by atoms with Crippen LogP contribution in [-0.2, 0) is 16.2 Å². The number of carbonyl (C=O) groups is 3. The van der Waals surface area contributed by atoms with Crippen LogP contribution in [0.3, 0.4) is 0 Å². The van der Waals surface area contributed by atoms with Gasteiger partial charge in [-0.15, -0.1) is 11.8 Å². The molecule has 0 aliphatic heterocycles. The Hall–Kier alpha value is -3.94. The number of carbonyl (C=O) groups excluding carboxylic acids is 3. The van der Waals surface area contributed by atoms with Crippen molar-refractivity contribution >= 4 is 68.4 Å². The molecular formula is C33H29ClN2O4S. The minimum absolute atomic E-state index is 0.00000448. The van der Waals surface area contributed by atoms with Gasteiger partial charge < -0.3 is 9.40 Å². The van der Waals surface area contributed by atoms with Crippen LogP contribution < -0.4 is 0 Å². The molecule has 1 heterocycles. The first-order chi connectivity index (χ1) is 19.8. The van der Waals surface area contributed by atoms with E-state index in [1.54, 1.807) is 18.2 Å². The summed E-state index contributed by atoms with van der Waals surface area (Å²) in [5.41, 5.74) is 4.93. The molecule has 41 heavy (non-hydrogen) atoms. The molecule has 4 aromatic rings. The van der Waals surface area contributed by atoms with E-state index < -0.39 is 5.97 Å². The van der Waals surface area contributed by atoms with Crippen LogP contribution in [0.4, 0.5) is 0 Å². The van der Waals surface area contributed by atoms with Crippen molar-refractivity contribution in [2.75, 3.05) is 5.75 Å². The number of oxime groups is 1. The summed E-state index contributed by atoms with van der Waals surface area (Å²) in [6, 6.07) is 18.5. The molecule has 8 heteroatoms. The van der Waals surface area contributed by atoms with Crippen molar-refractivity contribution in [2.24, 2.45) is 5.16 Å². The third kappa shape index (κ3) is 6.06. The minimum atomic E-state index is -0.608. The van der Waals surface area contributed by atoms with Crippen LogP contribution in [0.15, 0.2) is 94.0 Å². The molecule has 0 atom stereocenters. The molecule has 3 aromatic carbocycles. The fourth-order valence-corrected chi connectivity index (χ4v) is 5.97. The largest absolute Gasteiger partial charge is 0.341 e. The first-order valence-electron chi connectivity index (χ1n) is 13.4. The summed E-state index contributed by atoms with van der Waals surface area (Å²) in [7, 11) is 0. The van der Waals surface area contributed by atoms with Crippen molar-refractivity contribution in [3.05, 3.63) is 100 Å². The van der Waals surface area contributed by atoms with Crippen molar-refractivity contribution in [1.82, 2.24) is 4.57 Å². The van der Waals surface area contributed by atoms with Gasteiger partial charge in [0.1, 0.15) is 5.71 Å². The molecule has 1 aliphatic rings. The number of thioether (sulfide) groups is 1. The van der Waals surface area contributed by atoms with E-state index in [1.165, 1.54) is 18.7 Å². The molecule has 208 valence electrons. The third-order valence-electron chi connectivity index (χ3n) is 7.12. The molecule has 0 fully saturated rings. The number of hydrogen-bond acceptors (Lipinski definition) is 6. The smallest absolute Gasteiger partial charge is 0.331 e. The summed E-state index contributed by atoms with van der Waals surface area (Å²) in [6.45, 7) is 6.04. The topological polar surface area (TPSA) is 77.7 Å². The van der Waals surface area contributed by atoms with Gasteiger partial charge in [-0.1, -0.05) is 34.5 Å². The number of aryl methyl sites for hydroxylation is 1. The fraction of sp³-hybridized carbons (Fsp3) is 0.212. The van der Waals surface area contributed by atoms with Gasteiger partial charge in [0.05, 0.1) is 0 Å². The van der Waals surface area contributed by atoms with E-state index in [0.717, 1.165) is 57.2 Å². The Labute approximate surface area is 247 Å². The zero-order chi connectivity index (χ0) is 29.1. The normalized spacial score (nSPS) is 13.7. The fourth-order valence-electron chi connectivity index (χ4n) is 5.03. The number of ketones is 2. The third-order valence-corrected chi connectivity index (χ3v) is 8.39. The van der Waals surface area contributed by atoms with Gasteiger partial charge in [-0.2, -0.15) is 0 Å². The average Bonchev–Trinajstić information content (AvgIpc) is 3.29. The lowest BCUT2D eigenvalue weighted by Crippen LogP contribution is -2.18. The molecular weight excluding hydrogens is 556 g/mol. The van der Waals surface area contributed by atoms with Gasteiger partial charge in [-0.05, 0) is 87.4 Å². The Balaban J connectivity index is 1.54. The summed E-state index contributed by atoms with van der Waals surface area (Å²) in [5.74, 6) is -0.751. The van der Waals surface area contributed by atoms with Crippen molar-refractivity contribution in [3.63, 3.8) is 0 Å². The lowest BCUT2D eigenvalue weighted by molar-refractivity contribution is -0.140. The van der Waals surface area contributed by atoms with Gasteiger partial charge in [0.2, 0.25) is 5.78 Å². The first kappa shape index (κ1) is 28.6. The number of halogens is 1.